The van der Waals surface area contributed by atoms with E-state index >= 15 is 0 Å². The summed E-state index contributed by atoms with van der Waals surface area (Å²) in [4.78, 5) is 12.7. The number of β-amino-alcohol motifs (C(OH)–C–C–N with tert-alkyl or cyclic N) is 1. The topological polar surface area (TPSA) is 110 Å². The molecule has 0 aliphatic carbocycles. The number of carbonyl (C=O) groups excluding carboxylic acids is 1. The van der Waals surface area contributed by atoms with Gasteiger partial charge in [-0.15, -0.1) is 0 Å². The third-order valence-corrected chi connectivity index (χ3v) is 7.00. The summed E-state index contributed by atoms with van der Waals surface area (Å²) in [7, 11) is -3.95. The van der Waals surface area contributed by atoms with Crippen molar-refractivity contribution >= 4 is 16.0 Å². The van der Waals surface area contributed by atoms with Gasteiger partial charge in [0.05, 0.1) is 22.3 Å². The Bertz CT molecular complexity index is 978. The van der Waals surface area contributed by atoms with Crippen LogP contribution in [0.4, 0.5) is 0 Å². The molecule has 0 amide bonds. The van der Waals surface area contributed by atoms with E-state index in [9.17, 15) is 18.3 Å². The van der Waals surface area contributed by atoms with Crippen LogP contribution in [0.15, 0.2) is 27.6 Å². The first-order chi connectivity index (χ1) is 13.1. The van der Waals surface area contributed by atoms with Crippen molar-refractivity contribution in [3.8, 4) is 0 Å². The molecule has 152 valence electrons. The van der Waals surface area contributed by atoms with Crippen LogP contribution in [-0.2, 0) is 26.2 Å². The second kappa shape index (κ2) is 7.65. The predicted molar refractivity (Wildman–Crippen MR) is 100.0 cm³/mol. The molecule has 1 N–H and O–H groups in total. The van der Waals surface area contributed by atoms with Crippen molar-refractivity contribution in [2.75, 3.05) is 6.54 Å². The maximum atomic E-state index is 13.1. The molecule has 2 aromatic rings. The van der Waals surface area contributed by atoms with Gasteiger partial charge in [0.25, 0.3) is 0 Å². The minimum absolute atomic E-state index is 0.00942. The van der Waals surface area contributed by atoms with Gasteiger partial charge in [0.1, 0.15) is 18.4 Å². The Hall–Kier alpha value is -2.23. The lowest BCUT2D eigenvalue weighted by molar-refractivity contribution is -0.148. The van der Waals surface area contributed by atoms with Gasteiger partial charge in [-0.1, -0.05) is 11.2 Å². The van der Waals surface area contributed by atoms with E-state index in [1.54, 1.807) is 26.0 Å². The summed E-state index contributed by atoms with van der Waals surface area (Å²) in [5.74, 6) is -0.166. The van der Waals surface area contributed by atoms with Crippen molar-refractivity contribution in [3.63, 3.8) is 0 Å². The summed E-state index contributed by atoms with van der Waals surface area (Å²) < 4.78 is 37.6. The first-order valence-electron chi connectivity index (χ1n) is 8.96. The summed E-state index contributed by atoms with van der Waals surface area (Å²) in [6.45, 7) is 6.93. The minimum atomic E-state index is -3.95. The Balaban J connectivity index is 1.82. The van der Waals surface area contributed by atoms with Gasteiger partial charge in [-0.2, -0.15) is 4.31 Å². The molecule has 0 spiro atoms. The standard InChI is InChI=1S/C19H24N2O6S/c1-11-5-6-16(7-12(11)2)28(24,25)21-9-15(22)8-18(21)19(23)26-10-17-13(3)20-27-14(17)4/h5-7,15,18,22H,8-10H2,1-4H3. The molecule has 28 heavy (non-hydrogen) atoms. The molecule has 0 bridgehead atoms. The number of benzene rings is 1. The molecule has 2 heterocycles. The molecule has 1 aromatic heterocycles. The minimum Gasteiger partial charge on any atom is -0.459 e. The van der Waals surface area contributed by atoms with E-state index in [1.165, 1.54) is 6.07 Å². The summed E-state index contributed by atoms with van der Waals surface area (Å²) in [5.41, 5.74) is 3.06. The third kappa shape index (κ3) is 3.82. The van der Waals surface area contributed by atoms with Crippen LogP contribution in [0.2, 0.25) is 0 Å². The first kappa shape index (κ1) is 20.5. The summed E-state index contributed by atoms with van der Waals surface area (Å²) in [6.07, 6.45) is -0.942. The van der Waals surface area contributed by atoms with Crippen molar-refractivity contribution in [2.45, 2.75) is 57.8 Å². The number of rotatable bonds is 5. The zero-order valence-corrected chi connectivity index (χ0v) is 17.1. The SMILES string of the molecule is Cc1ccc(S(=O)(=O)N2CC(O)CC2C(=O)OCc2c(C)noc2C)cc1C. The number of hydrogen-bond acceptors (Lipinski definition) is 7. The van der Waals surface area contributed by atoms with E-state index < -0.39 is 28.1 Å². The lowest BCUT2D eigenvalue weighted by Gasteiger charge is -2.23. The quantitative estimate of drug-likeness (QED) is 0.751. The first-order valence-corrected chi connectivity index (χ1v) is 10.4. The van der Waals surface area contributed by atoms with Gasteiger partial charge >= 0.3 is 5.97 Å². The fourth-order valence-corrected chi connectivity index (χ4v) is 4.93. The molecule has 2 atom stereocenters. The zero-order chi connectivity index (χ0) is 20.6. The van der Waals surface area contributed by atoms with Gasteiger partial charge in [-0.25, -0.2) is 8.42 Å². The largest absolute Gasteiger partial charge is 0.459 e. The highest BCUT2D eigenvalue weighted by atomic mass is 32.2. The lowest BCUT2D eigenvalue weighted by atomic mass is 10.1. The maximum Gasteiger partial charge on any atom is 0.324 e. The van der Waals surface area contributed by atoms with Crippen LogP contribution in [0.3, 0.4) is 0 Å². The lowest BCUT2D eigenvalue weighted by Crippen LogP contribution is -2.41. The highest BCUT2D eigenvalue weighted by Gasteiger charge is 2.44. The molecule has 2 unspecified atom stereocenters. The molecule has 1 saturated heterocycles. The van der Waals surface area contributed by atoms with E-state index in [-0.39, 0.29) is 24.5 Å². The molecule has 1 aliphatic rings. The van der Waals surface area contributed by atoms with Crippen molar-refractivity contribution in [1.82, 2.24) is 9.46 Å². The fraction of sp³-hybridized carbons (Fsp3) is 0.474. The van der Waals surface area contributed by atoms with Gasteiger partial charge < -0.3 is 14.4 Å². The summed E-state index contributed by atoms with van der Waals surface area (Å²) >= 11 is 0. The fourth-order valence-electron chi connectivity index (χ4n) is 3.22. The Morgan fingerprint density at radius 1 is 1.29 bits per heavy atom. The Morgan fingerprint density at radius 2 is 2.00 bits per heavy atom. The van der Waals surface area contributed by atoms with Gasteiger partial charge in [0, 0.05) is 13.0 Å². The van der Waals surface area contributed by atoms with E-state index in [4.69, 9.17) is 9.26 Å². The summed E-state index contributed by atoms with van der Waals surface area (Å²) in [6, 6.07) is 3.72. The molecular weight excluding hydrogens is 384 g/mol. The number of nitrogens with zero attached hydrogens (tertiary/aromatic N) is 2. The number of ether oxygens (including phenoxy) is 1. The Morgan fingerprint density at radius 3 is 2.61 bits per heavy atom. The van der Waals surface area contributed by atoms with Gasteiger partial charge in [-0.3, -0.25) is 4.79 Å². The smallest absolute Gasteiger partial charge is 0.324 e. The second-order valence-corrected chi connectivity index (χ2v) is 9.03. The highest BCUT2D eigenvalue weighted by molar-refractivity contribution is 7.89. The number of aryl methyl sites for hydroxylation is 4. The average molecular weight is 408 g/mol. The number of esters is 1. The molecule has 9 heteroatoms. The number of aromatic nitrogens is 1. The van der Waals surface area contributed by atoms with Gasteiger partial charge in [0.2, 0.25) is 10.0 Å². The van der Waals surface area contributed by atoms with Crippen molar-refractivity contribution in [3.05, 3.63) is 46.3 Å². The van der Waals surface area contributed by atoms with Crippen LogP contribution in [-0.4, -0.2) is 47.6 Å². The van der Waals surface area contributed by atoms with Gasteiger partial charge in [-0.05, 0) is 51.0 Å². The zero-order valence-electron chi connectivity index (χ0n) is 16.3. The van der Waals surface area contributed by atoms with Crippen LogP contribution in [0, 0.1) is 27.7 Å². The van der Waals surface area contributed by atoms with Crippen LogP contribution in [0.25, 0.3) is 0 Å². The predicted octanol–water partition coefficient (Wildman–Crippen LogP) is 1.78. The molecule has 8 nitrogen and oxygen atoms in total. The van der Waals surface area contributed by atoms with Crippen molar-refractivity contribution in [2.24, 2.45) is 0 Å². The number of sulfonamides is 1. The van der Waals surface area contributed by atoms with E-state index in [2.05, 4.69) is 5.16 Å². The Labute approximate surface area is 164 Å². The highest BCUT2D eigenvalue weighted by Crippen LogP contribution is 2.28. The van der Waals surface area contributed by atoms with Crippen LogP contribution < -0.4 is 0 Å². The van der Waals surface area contributed by atoms with Crippen molar-refractivity contribution < 1.29 is 27.6 Å². The third-order valence-electron chi connectivity index (χ3n) is 5.13. The van der Waals surface area contributed by atoms with Crippen LogP contribution in [0.1, 0.15) is 34.6 Å². The number of hydrogen-bond donors (Lipinski definition) is 1. The van der Waals surface area contributed by atoms with E-state index in [0.29, 0.717) is 17.0 Å². The maximum absolute atomic E-state index is 13.1. The molecule has 0 radical (unpaired) electrons. The molecule has 0 saturated carbocycles. The number of carbonyl (C=O) groups is 1. The van der Waals surface area contributed by atoms with Crippen LogP contribution >= 0.6 is 0 Å². The normalized spacial score (nSPS) is 20.5. The van der Waals surface area contributed by atoms with Gasteiger partial charge in [0.15, 0.2) is 0 Å². The Kier molecular flexibility index (Phi) is 5.60. The number of aliphatic hydroxyl groups is 1. The molecular formula is C19H24N2O6S. The molecule has 1 aromatic carbocycles. The molecule has 1 fully saturated rings. The second-order valence-electron chi connectivity index (χ2n) is 7.14. The monoisotopic (exact) mass is 408 g/mol. The van der Waals surface area contributed by atoms with Crippen LogP contribution in [0.5, 0.6) is 0 Å². The average Bonchev–Trinajstić information content (AvgIpc) is 3.18. The molecule has 3 rings (SSSR count). The molecule has 1 aliphatic heterocycles. The summed E-state index contributed by atoms with van der Waals surface area (Å²) in [5, 5.41) is 13.8. The number of aliphatic hydroxyl groups excluding tert-OH is 1. The van der Waals surface area contributed by atoms with Crippen molar-refractivity contribution in [1.29, 1.82) is 0 Å². The van der Waals surface area contributed by atoms with E-state index in [1.807, 2.05) is 13.8 Å². The van der Waals surface area contributed by atoms with E-state index in [0.717, 1.165) is 15.4 Å².